The fraction of sp³-hybridized carbons (Fsp3) is 0.238. The molecule has 0 N–H and O–H groups in total. The first-order valence-electron chi connectivity index (χ1n) is 8.58. The molecule has 0 aromatic heterocycles. The highest BCUT2D eigenvalue weighted by atomic mass is 16.6. The molecule has 0 amide bonds. The highest BCUT2D eigenvalue weighted by molar-refractivity contribution is 6.14. The van der Waals surface area contributed by atoms with E-state index in [1.165, 1.54) is 7.11 Å². The molecule has 1 aliphatic heterocycles. The van der Waals surface area contributed by atoms with E-state index in [0.29, 0.717) is 35.0 Å². The summed E-state index contributed by atoms with van der Waals surface area (Å²) in [5.41, 5.74) is 1.10. The van der Waals surface area contributed by atoms with E-state index in [9.17, 15) is 9.59 Å². The molecule has 0 saturated carbocycles. The van der Waals surface area contributed by atoms with E-state index < -0.39 is 12.1 Å². The fourth-order valence-corrected chi connectivity index (χ4v) is 2.68. The van der Waals surface area contributed by atoms with Crippen LogP contribution in [0.4, 0.5) is 0 Å². The number of ether oxygens (including phenoxy) is 4. The van der Waals surface area contributed by atoms with Crippen molar-refractivity contribution >= 4 is 17.8 Å². The number of allylic oxidation sites excluding steroid dienone is 1. The Hall–Kier alpha value is -3.28. The molecule has 0 radical (unpaired) electrons. The lowest BCUT2D eigenvalue weighted by molar-refractivity contribution is -0.147. The highest BCUT2D eigenvalue weighted by Gasteiger charge is 2.28. The Labute approximate surface area is 157 Å². The van der Waals surface area contributed by atoms with E-state index in [1.807, 2.05) is 13.0 Å². The van der Waals surface area contributed by atoms with Gasteiger partial charge in [-0.15, -0.1) is 0 Å². The predicted molar refractivity (Wildman–Crippen MR) is 99.1 cm³/mol. The molecule has 1 unspecified atom stereocenters. The quantitative estimate of drug-likeness (QED) is 0.573. The van der Waals surface area contributed by atoms with Crippen molar-refractivity contribution < 1.29 is 28.5 Å². The minimum absolute atomic E-state index is 0.181. The van der Waals surface area contributed by atoms with Crippen LogP contribution in [-0.4, -0.2) is 31.6 Å². The zero-order valence-electron chi connectivity index (χ0n) is 15.4. The largest absolute Gasteiger partial charge is 0.494 e. The number of hydrogen-bond acceptors (Lipinski definition) is 6. The summed E-state index contributed by atoms with van der Waals surface area (Å²) in [5, 5.41) is 0. The Morgan fingerprint density at radius 1 is 1.22 bits per heavy atom. The molecule has 6 heteroatoms. The monoisotopic (exact) mass is 368 g/mol. The number of para-hydroxylation sites is 1. The number of esters is 1. The number of Topliss-reactive ketones (excluding diaryl/α,β-unsaturated/α-hetero) is 1. The highest BCUT2D eigenvalue weighted by Crippen LogP contribution is 2.35. The number of carbonyl (C=O) groups excluding carboxylic acids is 2. The van der Waals surface area contributed by atoms with E-state index in [0.717, 1.165) is 0 Å². The lowest BCUT2D eigenvalue weighted by atomic mass is 10.1. The van der Waals surface area contributed by atoms with Crippen LogP contribution in [0.25, 0.3) is 6.08 Å². The molecule has 0 bridgehead atoms. The smallest absolute Gasteiger partial charge is 0.346 e. The van der Waals surface area contributed by atoms with Crippen LogP contribution in [0.15, 0.2) is 48.2 Å². The standard InChI is InChI=1S/C21H20O6/c1-4-25-15-9-10-16-18(12-15)27-19(20(16)22)11-14-7-5-6-8-17(14)26-13(2)21(23)24-3/h5-13H,4H2,1-3H3. The third-order valence-corrected chi connectivity index (χ3v) is 3.99. The topological polar surface area (TPSA) is 71.1 Å². The Morgan fingerprint density at radius 3 is 2.74 bits per heavy atom. The maximum absolute atomic E-state index is 12.6. The van der Waals surface area contributed by atoms with Crippen LogP contribution in [0, 0.1) is 0 Å². The molecule has 1 heterocycles. The summed E-state index contributed by atoms with van der Waals surface area (Å²) in [7, 11) is 1.30. The zero-order valence-corrected chi connectivity index (χ0v) is 15.4. The second kappa shape index (κ2) is 7.95. The van der Waals surface area contributed by atoms with Crippen molar-refractivity contribution in [3.63, 3.8) is 0 Å². The van der Waals surface area contributed by atoms with Gasteiger partial charge in [0.2, 0.25) is 5.78 Å². The van der Waals surface area contributed by atoms with Gasteiger partial charge in [0.15, 0.2) is 11.9 Å². The predicted octanol–water partition coefficient (Wildman–Crippen LogP) is 3.64. The lowest BCUT2D eigenvalue weighted by Crippen LogP contribution is -2.25. The molecule has 27 heavy (non-hydrogen) atoms. The molecule has 0 saturated heterocycles. The summed E-state index contributed by atoms with van der Waals surface area (Å²) in [6.07, 6.45) is 0.822. The molecule has 0 spiro atoms. The number of rotatable bonds is 6. The third kappa shape index (κ3) is 3.95. The van der Waals surface area contributed by atoms with Gasteiger partial charge in [-0.2, -0.15) is 0 Å². The first-order valence-corrected chi connectivity index (χ1v) is 8.58. The number of ketones is 1. The minimum atomic E-state index is -0.777. The number of methoxy groups -OCH3 is 1. The van der Waals surface area contributed by atoms with Gasteiger partial charge in [0, 0.05) is 11.6 Å². The van der Waals surface area contributed by atoms with Gasteiger partial charge in [0.05, 0.1) is 19.3 Å². The average Bonchev–Trinajstić information content (AvgIpc) is 2.98. The summed E-state index contributed by atoms with van der Waals surface area (Å²) >= 11 is 0. The first kappa shape index (κ1) is 18.5. The lowest BCUT2D eigenvalue weighted by Gasteiger charge is -2.14. The van der Waals surface area contributed by atoms with Gasteiger partial charge in [0.1, 0.15) is 17.2 Å². The van der Waals surface area contributed by atoms with Crippen molar-refractivity contribution in [2.75, 3.05) is 13.7 Å². The third-order valence-electron chi connectivity index (χ3n) is 3.99. The van der Waals surface area contributed by atoms with E-state index in [4.69, 9.17) is 14.2 Å². The van der Waals surface area contributed by atoms with E-state index >= 15 is 0 Å². The van der Waals surface area contributed by atoms with Gasteiger partial charge in [-0.3, -0.25) is 4.79 Å². The molecule has 0 fully saturated rings. The molecule has 2 aromatic carbocycles. The van der Waals surface area contributed by atoms with E-state index in [2.05, 4.69) is 4.74 Å². The number of fused-ring (bicyclic) bond motifs is 1. The second-order valence-electron chi connectivity index (χ2n) is 5.85. The van der Waals surface area contributed by atoms with Gasteiger partial charge < -0.3 is 18.9 Å². The summed E-state index contributed by atoms with van der Waals surface area (Å²) in [6, 6.07) is 12.2. The maximum Gasteiger partial charge on any atom is 0.346 e. The Kier molecular flexibility index (Phi) is 5.45. The van der Waals surface area contributed by atoms with E-state index in [1.54, 1.807) is 49.4 Å². The first-order chi connectivity index (χ1) is 13.0. The van der Waals surface area contributed by atoms with Crippen LogP contribution in [0.1, 0.15) is 29.8 Å². The van der Waals surface area contributed by atoms with Crippen LogP contribution in [0.2, 0.25) is 0 Å². The Balaban J connectivity index is 1.87. The maximum atomic E-state index is 12.6. The molecule has 3 rings (SSSR count). The van der Waals surface area contributed by atoms with Crippen LogP contribution >= 0.6 is 0 Å². The van der Waals surface area contributed by atoms with E-state index in [-0.39, 0.29) is 11.5 Å². The van der Waals surface area contributed by atoms with Gasteiger partial charge in [-0.05, 0) is 38.1 Å². The number of carbonyl (C=O) groups is 2. The van der Waals surface area contributed by atoms with Gasteiger partial charge >= 0.3 is 5.97 Å². The SMILES string of the molecule is CCOc1ccc2c(c1)OC(=Cc1ccccc1OC(C)C(=O)OC)C2=O. The summed E-state index contributed by atoms with van der Waals surface area (Å²) in [4.78, 5) is 24.2. The van der Waals surface area contributed by atoms with Crippen LogP contribution in [0.5, 0.6) is 17.2 Å². The van der Waals surface area contributed by atoms with Crippen LogP contribution in [-0.2, 0) is 9.53 Å². The molecule has 0 aliphatic carbocycles. The van der Waals surface area contributed by atoms with Crippen molar-refractivity contribution in [1.29, 1.82) is 0 Å². The zero-order chi connectivity index (χ0) is 19.4. The van der Waals surface area contributed by atoms with Crippen molar-refractivity contribution in [2.45, 2.75) is 20.0 Å². The fourth-order valence-electron chi connectivity index (χ4n) is 2.68. The van der Waals surface area contributed by atoms with Crippen molar-refractivity contribution in [3.8, 4) is 17.2 Å². The molecule has 2 aromatic rings. The Morgan fingerprint density at radius 2 is 2.00 bits per heavy atom. The molecular weight excluding hydrogens is 348 g/mol. The van der Waals surface area contributed by atoms with Crippen LogP contribution in [0.3, 0.4) is 0 Å². The average molecular weight is 368 g/mol. The second-order valence-corrected chi connectivity index (χ2v) is 5.85. The van der Waals surface area contributed by atoms with Crippen molar-refractivity contribution in [1.82, 2.24) is 0 Å². The normalized spacial score (nSPS) is 15.1. The number of benzene rings is 2. The summed E-state index contributed by atoms with van der Waals surface area (Å²) in [6.45, 7) is 4.01. The molecular formula is C21H20O6. The summed E-state index contributed by atoms with van der Waals surface area (Å²) in [5.74, 6) is 1.02. The molecule has 1 aliphatic rings. The van der Waals surface area contributed by atoms with Crippen molar-refractivity contribution in [3.05, 3.63) is 59.4 Å². The number of hydrogen-bond donors (Lipinski definition) is 0. The van der Waals surface area contributed by atoms with Crippen molar-refractivity contribution in [2.24, 2.45) is 0 Å². The summed E-state index contributed by atoms with van der Waals surface area (Å²) < 4.78 is 21.5. The van der Waals surface area contributed by atoms with Crippen LogP contribution < -0.4 is 14.2 Å². The van der Waals surface area contributed by atoms with Gasteiger partial charge in [-0.1, -0.05) is 18.2 Å². The minimum Gasteiger partial charge on any atom is -0.494 e. The molecule has 6 nitrogen and oxygen atoms in total. The molecule has 140 valence electrons. The van der Waals surface area contributed by atoms with Gasteiger partial charge in [-0.25, -0.2) is 4.79 Å². The Bertz CT molecular complexity index is 899. The molecule has 1 atom stereocenters. The van der Waals surface area contributed by atoms with Gasteiger partial charge in [0.25, 0.3) is 0 Å².